The van der Waals surface area contributed by atoms with E-state index in [1.54, 1.807) is 0 Å². The fourth-order valence-electron chi connectivity index (χ4n) is 2.08. The molecule has 0 unspecified atom stereocenters. The minimum absolute atomic E-state index is 0.131. The van der Waals surface area contributed by atoms with Crippen LogP contribution in [0.2, 0.25) is 0 Å². The zero-order chi connectivity index (χ0) is 17.4. The average molecular weight is 329 g/mol. The molecule has 0 saturated carbocycles. The molecule has 24 heavy (non-hydrogen) atoms. The molecule has 2 aromatic rings. The lowest BCUT2D eigenvalue weighted by atomic mass is 10.2. The Morgan fingerprint density at radius 2 is 2.21 bits per heavy atom. The van der Waals surface area contributed by atoms with Crippen LogP contribution in [0.1, 0.15) is 29.3 Å². The summed E-state index contributed by atoms with van der Waals surface area (Å²) >= 11 is 0. The van der Waals surface area contributed by atoms with E-state index in [9.17, 15) is 9.18 Å². The number of nitrogens with zero attached hydrogens (tertiary/aromatic N) is 1. The predicted molar refractivity (Wildman–Crippen MR) is 91.1 cm³/mol. The van der Waals surface area contributed by atoms with E-state index in [1.165, 1.54) is 6.07 Å². The number of pyridine rings is 1. The zero-order valence-corrected chi connectivity index (χ0v) is 13.5. The molecular weight excluding hydrogens is 309 g/mol. The van der Waals surface area contributed by atoms with Crippen molar-refractivity contribution in [2.75, 3.05) is 12.3 Å². The number of amides is 1. The van der Waals surface area contributed by atoms with Crippen molar-refractivity contribution in [3.63, 3.8) is 0 Å². The van der Waals surface area contributed by atoms with Crippen molar-refractivity contribution in [3.8, 4) is 5.75 Å². The van der Waals surface area contributed by atoms with E-state index in [-0.39, 0.29) is 11.4 Å². The molecular formula is C18H20FN3O2. The van der Waals surface area contributed by atoms with Crippen LogP contribution in [0.5, 0.6) is 5.75 Å². The van der Waals surface area contributed by atoms with E-state index in [4.69, 9.17) is 10.5 Å². The van der Waals surface area contributed by atoms with Gasteiger partial charge in [0, 0.05) is 6.54 Å². The van der Waals surface area contributed by atoms with Crippen molar-refractivity contribution in [3.05, 3.63) is 65.6 Å². The van der Waals surface area contributed by atoms with Crippen LogP contribution in [0.15, 0.2) is 48.6 Å². The lowest BCUT2D eigenvalue weighted by molar-refractivity contribution is 0.0951. The first kappa shape index (κ1) is 17.5. The third-order valence-electron chi connectivity index (χ3n) is 3.28. The third-order valence-corrected chi connectivity index (χ3v) is 3.28. The fourth-order valence-corrected chi connectivity index (χ4v) is 2.08. The summed E-state index contributed by atoms with van der Waals surface area (Å²) in [4.78, 5) is 15.5. The number of nitrogens with two attached hydrogens (primary N) is 1. The van der Waals surface area contributed by atoms with Gasteiger partial charge in [0.2, 0.25) is 5.95 Å². The van der Waals surface area contributed by atoms with Crippen molar-refractivity contribution >= 4 is 11.7 Å². The number of hydrogen-bond donors (Lipinski definition) is 2. The van der Waals surface area contributed by atoms with E-state index in [2.05, 4.69) is 10.3 Å². The van der Waals surface area contributed by atoms with Crippen LogP contribution in [0.4, 0.5) is 10.2 Å². The summed E-state index contributed by atoms with van der Waals surface area (Å²) in [5, 5.41) is 2.73. The molecule has 1 aromatic carbocycles. The van der Waals surface area contributed by atoms with Crippen LogP contribution in [-0.2, 0) is 6.54 Å². The van der Waals surface area contributed by atoms with Gasteiger partial charge < -0.3 is 15.8 Å². The highest BCUT2D eigenvalue weighted by Gasteiger charge is 2.11. The van der Waals surface area contributed by atoms with E-state index in [0.717, 1.165) is 23.8 Å². The van der Waals surface area contributed by atoms with Gasteiger partial charge in [-0.2, -0.15) is 4.39 Å². The number of nitrogens with one attached hydrogen (secondary N) is 1. The summed E-state index contributed by atoms with van der Waals surface area (Å²) in [5.74, 6) is -0.506. The van der Waals surface area contributed by atoms with Gasteiger partial charge in [-0.25, -0.2) is 4.98 Å². The number of hydrogen-bond acceptors (Lipinski definition) is 4. The van der Waals surface area contributed by atoms with Crippen LogP contribution in [0.3, 0.4) is 0 Å². The number of aromatic nitrogens is 1. The van der Waals surface area contributed by atoms with Gasteiger partial charge in [-0.1, -0.05) is 24.3 Å². The van der Waals surface area contributed by atoms with Crippen LogP contribution in [0.25, 0.3) is 0 Å². The number of benzene rings is 1. The maximum atomic E-state index is 12.9. The summed E-state index contributed by atoms with van der Waals surface area (Å²) < 4.78 is 18.6. The molecule has 1 amide bonds. The Hall–Kier alpha value is -2.89. The van der Waals surface area contributed by atoms with Gasteiger partial charge in [0.15, 0.2) is 0 Å². The molecule has 0 saturated heterocycles. The Balaban J connectivity index is 1.92. The second-order valence-electron chi connectivity index (χ2n) is 5.10. The van der Waals surface area contributed by atoms with Gasteiger partial charge >= 0.3 is 0 Å². The number of rotatable bonds is 7. The van der Waals surface area contributed by atoms with E-state index >= 15 is 0 Å². The molecule has 0 aliphatic carbocycles. The molecule has 0 aliphatic heterocycles. The minimum atomic E-state index is -0.716. The maximum Gasteiger partial charge on any atom is 0.255 e. The first-order valence-electron chi connectivity index (χ1n) is 7.63. The van der Waals surface area contributed by atoms with Crippen LogP contribution in [-0.4, -0.2) is 17.5 Å². The van der Waals surface area contributed by atoms with Crippen LogP contribution in [0, 0.1) is 5.95 Å². The molecule has 0 aliphatic rings. The molecule has 0 bridgehead atoms. The number of anilines is 1. The van der Waals surface area contributed by atoms with Gasteiger partial charge in [0.05, 0.1) is 12.2 Å². The maximum absolute atomic E-state index is 12.9. The number of carbonyl (C=O) groups is 1. The summed E-state index contributed by atoms with van der Waals surface area (Å²) in [6.07, 6.45) is 4.85. The SMILES string of the molecule is C/C=C/CCOc1cccc(CNC(=O)c2ccc(F)nc2N)c1. The normalized spacial score (nSPS) is 10.8. The number of ether oxygens (including phenoxy) is 1. The molecule has 0 atom stereocenters. The Morgan fingerprint density at radius 3 is 2.96 bits per heavy atom. The Morgan fingerprint density at radius 1 is 1.38 bits per heavy atom. The summed E-state index contributed by atoms with van der Waals surface area (Å²) in [6.45, 7) is 2.87. The van der Waals surface area contributed by atoms with Gasteiger partial charge in [-0.3, -0.25) is 4.79 Å². The first-order valence-corrected chi connectivity index (χ1v) is 7.63. The number of nitrogen functional groups attached to an aromatic ring is 1. The standard InChI is InChI=1S/C18H20FN3O2/c1-2-3-4-10-24-14-7-5-6-13(11-14)12-21-18(23)15-8-9-16(19)22-17(15)20/h2-3,5-9,11H,4,10,12H2,1H3,(H2,20,22)(H,21,23)/b3-2+. The van der Waals surface area contributed by atoms with Crippen molar-refractivity contribution in [2.24, 2.45) is 0 Å². The number of allylic oxidation sites excluding steroid dienone is 1. The Kier molecular flexibility index (Phi) is 6.31. The topological polar surface area (TPSA) is 77.2 Å². The third kappa shape index (κ3) is 5.08. The molecule has 6 heteroatoms. The highest BCUT2D eigenvalue weighted by atomic mass is 19.1. The van der Waals surface area contributed by atoms with Gasteiger partial charge in [0.1, 0.15) is 11.6 Å². The van der Waals surface area contributed by atoms with Gasteiger partial charge in [-0.05, 0) is 43.2 Å². The first-order chi connectivity index (χ1) is 11.6. The predicted octanol–water partition coefficient (Wildman–Crippen LogP) is 3.08. The second kappa shape index (κ2) is 8.67. The summed E-state index contributed by atoms with van der Waals surface area (Å²) in [5.41, 5.74) is 6.60. The van der Waals surface area contributed by atoms with E-state index in [1.807, 2.05) is 43.3 Å². The number of halogens is 1. The molecule has 3 N–H and O–H groups in total. The highest BCUT2D eigenvalue weighted by Crippen LogP contribution is 2.14. The lowest BCUT2D eigenvalue weighted by Gasteiger charge is -2.09. The van der Waals surface area contributed by atoms with Gasteiger partial charge in [-0.15, -0.1) is 0 Å². The quantitative estimate of drug-likeness (QED) is 0.465. The minimum Gasteiger partial charge on any atom is -0.493 e. The smallest absolute Gasteiger partial charge is 0.255 e. The zero-order valence-electron chi connectivity index (χ0n) is 13.5. The number of carbonyl (C=O) groups excluding carboxylic acids is 1. The van der Waals surface area contributed by atoms with Crippen LogP contribution < -0.4 is 15.8 Å². The summed E-state index contributed by atoms with van der Waals surface area (Å²) in [6, 6.07) is 9.88. The van der Waals surface area contributed by atoms with E-state index in [0.29, 0.717) is 13.2 Å². The molecule has 1 heterocycles. The van der Waals surface area contributed by atoms with E-state index < -0.39 is 11.9 Å². The van der Waals surface area contributed by atoms with Crippen molar-refractivity contribution in [1.29, 1.82) is 0 Å². The molecule has 0 radical (unpaired) electrons. The van der Waals surface area contributed by atoms with Crippen molar-refractivity contribution in [2.45, 2.75) is 19.9 Å². The molecule has 126 valence electrons. The average Bonchev–Trinajstić information content (AvgIpc) is 2.57. The fraction of sp³-hybridized carbons (Fsp3) is 0.222. The van der Waals surface area contributed by atoms with Crippen molar-refractivity contribution in [1.82, 2.24) is 10.3 Å². The van der Waals surface area contributed by atoms with Gasteiger partial charge in [0.25, 0.3) is 5.91 Å². The van der Waals surface area contributed by atoms with Crippen LogP contribution >= 0.6 is 0 Å². The summed E-state index contributed by atoms with van der Waals surface area (Å²) in [7, 11) is 0. The highest BCUT2D eigenvalue weighted by molar-refractivity contribution is 5.98. The molecule has 1 aromatic heterocycles. The molecule has 0 fully saturated rings. The Labute approximate surface area is 140 Å². The molecule has 2 rings (SSSR count). The molecule has 5 nitrogen and oxygen atoms in total. The lowest BCUT2D eigenvalue weighted by Crippen LogP contribution is -2.24. The molecule has 0 spiro atoms. The Bertz CT molecular complexity index is 732. The van der Waals surface area contributed by atoms with Crippen molar-refractivity contribution < 1.29 is 13.9 Å². The largest absolute Gasteiger partial charge is 0.493 e. The monoisotopic (exact) mass is 329 g/mol. The second-order valence-corrected chi connectivity index (χ2v) is 5.10.